The molecule has 5 amide bonds. The molecule has 9 nitrogen and oxygen atoms in total. The molecule has 1 fully saturated rings. The lowest BCUT2D eigenvalue weighted by atomic mass is 9.89. The summed E-state index contributed by atoms with van der Waals surface area (Å²) in [6, 6.07) is 3.96. The second kappa shape index (κ2) is 5.24. The maximum atomic E-state index is 12.7. The summed E-state index contributed by atoms with van der Waals surface area (Å²) in [5.41, 5.74) is 0.717. The SMILES string of the molecule is C[C@@]1(N2C(=O)c3ccc(C(=O)NN)cc3C2=O)CCC(=O)NC1=O. The zero-order valence-corrected chi connectivity index (χ0v) is 12.7. The summed E-state index contributed by atoms with van der Waals surface area (Å²) in [6.07, 6.45) is 0.0652. The van der Waals surface area contributed by atoms with Crippen molar-refractivity contribution in [1.29, 1.82) is 0 Å². The Morgan fingerprint density at radius 3 is 2.50 bits per heavy atom. The van der Waals surface area contributed by atoms with Crippen LogP contribution in [0.5, 0.6) is 0 Å². The fraction of sp³-hybridized carbons (Fsp3) is 0.267. The number of imide groups is 2. The van der Waals surface area contributed by atoms with Crippen LogP contribution in [0.25, 0.3) is 0 Å². The highest BCUT2D eigenvalue weighted by Crippen LogP contribution is 2.34. The highest BCUT2D eigenvalue weighted by atomic mass is 16.2. The number of nitrogens with zero attached hydrogens (tertiary/aromatic N) is 1. The number of hydrazine groups is 1. The average Bonchev–Trinajstić information content (AvgIpc) is 2.82. The third-order valence-corrected chi connectivity index (χ3v) is 4.35. The molecule has 0 aromatic heterocycles. The molecular weight excluding hydrogens is 316 g/mol. The summed E-state index contributed by atoms with van der Waals surface area (Å²) >= 11 is 0. The van der Waals surface area contributed by atoms with E-state index in [2.05, 4.69) is 5.32 Å². The van der Waals surface area contributed by atoms with Crippen molar-refractivity contribution in [2.75, 3.05) is 0 Å². The van der Waals surface area contributed by atoms with Crippen molar-refractivity contribution >= 4 is 29.5 Å². The molecule has 1 saturated heterocycles. The molecule has 1 atom stereocenters. The Balaban J connectivity index is 2.02. The molecule has 0 saturated carbocycles. The highest BCUT2D eigenvalue weighted by molar-refractivity contribution is 6.24. The van der Waals surface area contributed by atoms with Crippen LogP contribution in [-0.4, -0.2) is 40.0 Å². The van der Waals surface area contributed by atoms with Gasteiger partial charge in [-0.15, -0.1) is 0 Å². The largest absolute Gasteiger partial charge is 0.294 e. The van der Waals surface area contributed by atoms with E-state index in [1.165, 1.54) is 25.1 Å². The minimum absolute atomic E-state index is 0.0204. The van der Waals surface area contributed by atoms with Crippen molar-refractivity contribution in [3.8, 4) is 0 Å². The van der Waals surface area contributed by atoms with Crippen molar-refractivity contribution in [2.24, 2.45) is 5.84 Å². The van der Waals surface area contributed by atoms with E-state index in [0.29, 0.717) is 0 Å². The summed E-state index contributed by atoms with van der Waals surface area (Å²) in [6.45, 7) is 1.43. The number of nitrogens with two attached hydrogens (primary N) is 1. The summed E-state index contributed by atoms with van der Waals surface area (Å²) in [5.74, 6) is 1.98. The van der Waals surface area contributed by atoms with Crippen LogP contribution in [-0.2, 0) is 9.59 Å². The van der Waals surface area contributed by atoms with E-state index in [1.807, 2.05) is 5.43 Å². The van der Waals surface area contributed by atoms with E-state index in [0.717, 1.165) is 4.90 Å². The normalized spacial score (nSPS) is 23.2. The number of rotatable bonds is 2. The number of benzene rings is 1. The predicted molar refractivity (Wildman–Crippen MR) is 79.4 cm³/mol. The van der Waals surface area contributed by atoms with Gasteiger partial charge in [-0.05, 0) is 31.5 Å². The minimum atomic E-state index is -1.46. The number of amides is 5. The molecule has 9 heteroatoms. The molecule has 2 heterocycles. The van der Waals surface area contributed by atoms with Gasteiger partial charge >= 0.3 is 0 Å². The third-order valence-electron chi connectivity index (χ3n) is 4.35. The number of piperidine rings is 1. The van der Waals surface area contributed by atoms with Gasteiger partial charge in [-0.25, -0.2) is 5.84 Å². The molecule has 0 aliphatic carbocycles. The maximum Gasteiger partial charge on any atom is 0.265 e. The Morgan fingerprint density at radius 2 is 1.88 bits per heavy atom. The number of carbonyl (C=O) groups excluding carboxylic acids is 5. The lowest BCUT2D eigenvalue weighted by Crippen LogP contribution is -2.62. The number of hydrogen-bond donors (Lipinski definition) is 3. The molecule has 0 radical (unpaired) electrons. The van der Waals surface area contributed by atoms with Crippen LogP contribution in [0.1, 0.15) is 50.8 Å². The fourth-order valence-corrected chi connectivity index (χ4v) is 2.92. The zero-order chi connectivity index (χ0) is 17.6. The number of nitrogens with one attached hydrogen (secondary N) is 2. The number of hydrogen-bond acceptors (Lipinski definition) is 6. The molecule has 1 aromatic carbocycles. The van der Waals surface area contributed by atoms with Gasteiger partial charge in [0.05, 0.1) is 11.1 Å². The van der Waals surface area contributed by atoms with Crippen LogP contribution < -0.4 is 16.6 Å². The molecule has 3 rings (SSSR count). The van der Waals surface area contributed by atoms with Crippen LogP contribution in [0, 0.1) is 0 Å². The van der Waals surface area contributed by atoms with E-state index < -0.39 is 35.1 Å². The van der Waals surface area contributed by atoms with Gasteiger partial charge in [0, 0.05) is 12.0 Å². The maximum absolute atomic E-state index is 12.7. The van der Waals surface area contributed by atoms with Gasteiger partial charge in [0.1, 0.15) is 5.54 Å². The predicted octanol–water partition coefficient (Wildman–Crippen LogP) is -0.919. The number of carbonyl (C=O) groups is 5. The summed E-state index contributed by atoms with van der Waals surface area (Å²) in [5, 5.41) is 2.15. The molecule has 24 heavy (non-hydrogen) atoms. The molecule has 0 spiro atoms. The van der Waals surface area contributed by atoms with Crippen molar-refractivity contribution in [3.05, 3.63) is 34.9 Å². The Morgan fingerprint density at radius 1 is 1.21 bits per heavy atom. The molecule has 124 valence electrons. The lowest BCUT2D eigenvalue weighted by molar-refractivity contribution is -0.140. The van der Waals surface area contributed by atoms with Crippen molar-refractivity contribution in [1.82, 2.24) is 15.6 Å². The van der Waals surface area contributed by atoms with Crippen molar-refractivity contribution < 1.29 is 24.0 Å². The van der Waals surface area contributed by atoms with Gasteiger partial charge in [0.15, 0.2) is 0 Å². The second-order valence-electron chi connectivity index (χ2n) is 5.83. The molecule has 4 N–H and O–H groups in total. The summed E-state index contributed by atoms with van der Waals surface area (Å²) in [4.78, 5) is 61.3. The van der Waals surface area contributed by atoms with E-state index in [9.17, 15) is 24.0 Å². The van der Waals surface area contributed by atoms with Crippen LogP contribution in [0.2, 0.25) is 0 Å². The molecule has 2 aliphatic heterocycles. The molecule has 0 unspecified atom stereocenters. The third kappa shape index (κ3) is 2.09. The Kier molecular flexibility index (Phi) is 3.45. The Hall–Kier alpha value is -3.07. The molecule has 0 bridgehead atoms. The molecule has 2 aliphatic rings. The first-order valence-corrected chi connectivity index (χ1v) is 7.18. The smallest absolute Gasteiger partial charge is 0.265 e. The lowest BCUT2D eigenvalue weighted by Gasteiger charge is -2.38. The fourth-order valence-electron chi connectivity index (χ4n) is 2.92. The van der Waals surface area contributed by atoms with Crippen LogP contribution in [0.4, 0.5) is 0 Å². The summed E-state index contributed by atoms with van der Waals surface area (Å²) in [7, 11) is 0. The monoisotopic (exact) mass is 330 g/mol. The van der Waals surface area contributed by atoms with E-state index >= 15 is 0 Å². The highest BCUT2D eigenvalue weighted by Gasteiger charge is 2.52. The quantitative estimate of drug-likeness (QED) is 0.277. The topological polar surface area (TPSA) is 139 Å². The van der Waals surface area contributed by atoms with Gasteiger partial charge in [-0.2, -0.15) is 0 Å². The van der Waals surface area contributed by atoms with E-state index in [-0.39, 0.29) is 29.5 Å². The minimum Gasteiger partial charge on any atom is -0.294 e. The Bertz CT molecular complexity index is 818. The van der Waals surface area contributed by atoms with E-state index in [4.69, 9.17) is 5.84 Å². The molecule has 1 aromatic rings. The average molecular weight is 330 g/mol. The first kappa shape index (κ1) is 15.8. The van der Waals surface area contributed by atoms with Gasteiger partial charge in [0.25, 0.3) is 23.6 Å². The molecular formula is C15H14N4O5. The summed E-state index contributed by atoms with van der Waals surface area (Å²) < 4.78 is 0. The van der Waals surface area contributed by atoms with Crippen LogP contribution in [0.3, 0.4) is 0 Å². The first-order chi connectivity index (χ1) is 11.3. The second-order valence-corrected chi connectivity index (χ2v) is 5.83. The van der Waals surface area contributed by atoms with Gasteiger partial charge in [-0.3, -0.25) is 39.6 Å². The van der Waals surface area contributed by atoms with Crippen LogP contribution in [0.15, 0.2) is 18.2 Å². The standard InChI is InChI=1S/C15H14N4O5/c1-15(5-4-10(20)17-14(15)24)19-12(22)8-3-2-7(11(21)18-16)6-9(8)13(19)23/h2-3,6H,4-5,16H2,1H3,(H,18,21)(H,17,20,24)/t15-/m1/s1. The van der Waals surface area contributed by atoms with Gasteiger partial charge in [0.2, 0.25) is 5.91 Å². The first-order valence-electron chi connectivity index (χ1n) is 7.18. The van der Waals surface area contributed by atoms with Crippen molar-refractivity contribution in [2.45, 2.75) is 25.3 Å². The van der Waals surface area contributed by atoms with E-state index in [1.54, 1.807) is 0 Å². The zero-order valence-electron chi connectivity index (χ0n) is 12.7. The Labute approximate surface area is 136 Å². The number of fused-ring (bicyclic) bond motifs is 1. The van der Waals surface area contributed by atoms with Crippen molar-refractivity contribution in [3.63, 3.8) is 0 Å². The van der Waals surface area contributed by atoms with Gasteiger partial charge in [-0.1, -0.05) is 0 Å². The van der Waals surface area contributed by atoms with Crippen LogP contribution >= 0.6 is 0 Å². The number of nitrogen functional groups attached to an aromatic ring is 1. The van der Waals surface area contributed by atoms with Gasteiger partial charge < -0.3 is 0 Å².